The molecule has 0 saturated heterocycles. The van der Waals surface area contributed by atoms with Crippen LogP contribution >= 0.6 is 15.9 Å². The summed E-state index contributed by atoms with van der Waals surface area (Å²) in [5, 5.41) is 8.73. The maximum atomic E-state index is 8.73. The van der Waals surface area contributed by atoms with Crippen molar-refractivity contribution >= 4 is 15.9 Å². The molecule has 14 heavy (non-hydrogen) atoms. The highest BCUT2D eigenvalue weighted by Gasteiger charge is 2.05. The van der Waals surface area contributed by atoms with E-state index in [4.69, 9.17) is 5.26 Å². The lowest BCUT2D eigenvalue weighted by molar-refractivity contribution is 0.904. The van der Waals surface area contributed by atoms with Crippen LogP contribution in [-0.4, -0.2) is 19.5 Å². The highest BCUT2D eigenvalue weighted by atomic mass is 79.9. The molecule has 0 spiro atoms. The molecule has 0 N–H and O–H groups in total. The molecule has 0 bridgehead atoms. The van der Waals surface area contributed by atoms with Crippen LogP contribution in [0.3, 0.4) is 0 Å². The lowest BCUT2D eigenvalue weighted by atomic mass is 10.6. The summed E-state index contributed by atoms with van der Waals surface area (Å²) in [6.07, 6.45) is 6.40. The van der Waals surface area contributed by atoms with Crippen LogP contribution < -0.4 is 0 Å². The minimum atomic E-state index is 0.271. The molecule has 0 aliphatic rings. The Kier molecular flexibility index (Phi) is 2.24. The average molecular weight is 250 g/mol. The van der Waals surface area contributed by atoms with E-state index >= 15 is 0 Å². The van der Waals surface area contributed by atoms with E-state index in [1.165, 1.54) is 10.8 Å². The summed E-state index contributed by atoms with van der Waals surface area (Å²) in [7, 11) is 0. The quantitative estimate of drug-likeness (QED) is 0.764. The molecule has 6 heteroatoms. The normalized spacial score (nSPS) is 9.71. The molecule has 0 aromatic carbocycles. The van der Waals surface area contributed by atoms with Crippen molar-refractivity contribution in [3.8, 4) is 12.0 Å². The van der Waals surface area contributed by atoms with Crippen molar-refractivity contribution in [3.05, 3.63) is 35.1 Å². The SMILES string of the molecule is N#Cc1nccn1-c1ncc(Br)cn1. The van der Waals surface area contributed by atoms with E-state index in [1.807, 2.05) is 6.07 Å². The van der Waals surface area contributed by atoms with Crippen LogP contribution in [-0.2, 0) is 0 Å². The van der Waals surface area contributed by atoms with Gasteiger partial charge in [0.05, 0.1) is 4.47 Å². The Morgan fingerprint density at radius 2 is 2.00 bits per heavy atom. The number of rotatable bonds is 1. The van der Waals surface area contributed by atoms with Crippen LogP contribution in [0.2, 0.25) is 0 Å². The van der Waals surface area contributed by atoms with Crippen molar-refractivity contribution < 1.29 is 0 Å². The first-order chi connectivity index (χ1) is 6.81. The molecule has 0 aliphatic carbocycles. The highest BCUT2D eigenvalue weighted by Crippen LogP contribution is 2.08. The van der Waals surface area contributed by atoms with E-state index in [9.17, 15) is 0 Å². The monoisotopic (exact) mass is 249 g/mol. The predicted molar refractivity (Wildman–Crippen MR) is 51.6 cm³/mol. The van der Waals surface area contributed by atoms with Crippen LogP contribution in [0, 0.1) is 11.3 Å². The number of nitrogens with zero attached hydrogens (tertiary/aromatic N) is 5. The molecule has 0 amide bonds. The fourth-order valence-electron chi connectivity index (χ4n) is 0.977. The summed E-state index contributed by atoms with van der Waals surface area (Å²) < 4.78 is 2.31. The third-order valence-corrected chi connectivity index (χ3v) is 1.97. The van der Waals surface area contributed by atoms with Crippen molar-refractivity contribution in [1.82, 2.24) is 19.5 Å². The Hall–Kier alpha value is -1.74. The van der Waals surface area contributed by atoms with Gasteiger partial charge in [-0.05, 0) is 15.9 Å². The Morgan fingerprint density at radius 3 is 2.64 bits per heavy atom. The van der Waals surface area contributed by atoms with Gasteiger partial charge in [-0.3, -0.25) is 4.57 Å². The molecule has 2 rings (SSSR count). The van der Waals surface area contributed by atoms with E-state index in [2.05, 4.69) is 30.9 Å². The van der Waals surface area contributed by atoms with Gasteiger partial charge in [-0.25, -0.2) is 15.0 Å². The minimum Gasteiger partial charge on any atom is -0.259 e. The summed E-state index contributed by atoms with van der Waals surface area (Å²) in [6, 6.07) is 1.95. The van der Waals surface area contributed by atoms with Gasteiger partial charge >= 0.3 is 0 Å². The third kappa shape index (κ3) is 1.49. The van der Waals surface area contributed by atoms with Crippen LogP contribution in [0.1, 0.15) is 5.82 Å². The summed E-state index contributed by atoms with van der Waals surface area (Å²) >= 11 is 3.23. The van der Waals surface area contributed by atoms with Crippen molar-refractivity contribution in [3.63, 3.8) is 0 Å². The predicted octanol–water partition coefficient (Wildman–Crippen LogP) is 1.30. The number of imidazole rings is 1. The zero-order valence-electron chi connectivity index (χ0n) is 6.92. The fourth-order valence-corrected chi connectivity index (χ4v) is 1.18. The van der Waals surface area contributed by atoms with Gasteiger partial charge in [0.1, 0.15) is 6.07 Å². The average Bonchev–Trinajstić information content (AvgIpc) is 2.67. The number of aromatic nitrogens is 4. The number of hydrogen-bond acceptors (Lipinski definition) is 4. The molecule has 0 radical (unpaired) electrons. The summed E-state index contributed by atoms with van der Waals surface area (Å²) in [5.74, 6) is 0.703. The highest BCUT2D eigenvalue weighted by molar-refractivity contribution is 9.10. The van der Waals surface area contributed by atoms with E-state index in [1.54, 1.807) is 18.6 Å². The number of nitriles is 1. The summed E-state index contributed by atoms with van der Waals surface area (Å²) in [4.78, 5) is 11.9. The van der Waals surface area contributed by atoms with E-state index in [0.717, 1.165) is 4.47 Å². The molecule has 0 saturated carbocycles. The van der Waals surface area contributed by atoms with Gasteiger partial charge in [-0.1, -0.05) is 0 Å². The van der Waals surface area contributed by atoms with Gasteiger partial charge in [0.25, 0.3) is 0 Å². The topological polar surface area (TPSA) is 67.4 Å². The lowest BCUT2D eigenvalue weighted by Gasteiger charge is -1.99. The van der Waals surface area contributed by atoms with Crippen LogP contribution in [0.15, 0.2) is 29.3 Å². The fraction of sp³-hybridized carbons (Fsp3) is 0. The van der Waals surface area contributed by atoms with E-state index in [-0.39, 0.29) is 5.82 Å². The largest absolute Gasteiger partial charge is 0.259 e. The molecule has 2 heterocycles. The van der Waals surface area contributed by atoms with Gasteiger partial charge in [-0.15, -0.1) is 0 Å². The molecule has 0 unspecified atom stereocenters. The van der Waals surface area contributed by atoms with Crippen molar-refractivity contribution in [1.29, 1.82) is 5.26 Å². The Labute approximate surface area is 88.2 Å². The van der Waals surface area contributed by atoms with Crippen LogP contribution in [0.25, 0.3) is 5.95 Å². The Bertz CT molecular complexity index is 481. The molecule has 0 aliphatic heterocycles. The summed E-state index contributed by atoms with van der Waals surface area (Å²) in [6.45, 7) is 0. The first kappa shape index (κ1) is 8.84. The second kappa shape index (κ2) is 3.55. The number of halogens is 1. The van der Waals surface area contributed by atoms with Gasteiger partial charge < -0.3 is 0 Å². The second-order valence-corrected chi connectivity index (χ2v) is 3.35. The van der Waals surface area contributed by atoms with Gasteiger partial charge in [-0.2, -0.15) is 5.26 Å². The van der Waals surface area contributed by atoms with Gasteiger partial charge in [0, 0.05) is 24.8 Å². The summed E-state index contributed by atoms with van der Waals surface area (Å²) in [5.41, 5.74) is 0. The van der Waals surface area contributed by atoms with E-state index < -0.39 is 0 Å². The first-order valence-corrected chi connectivity index (χ1v) is 4.52. The maximum Gasteiger partial charge on any atom is 0.235 e. The second-order valence-electron chi connectivity index (χ2n) is 2.43. The molecule has 2 aromatic heterocycles. The first-order valence-electron chi connectivity index (χ1n) is 3.72. The van der Waals surface area contributed by atoms with Crippen molar-refractivity contribution in [2.45, 2.75) is 0 Å². The standard InChI is InChI=1S/C8H4BrN5/c9-6-4-12-8(13-5-6)14-2-1-11-7(14)3-10/h1-2,4-5H. The Balaban J connectivity index is 2.50. The molecule has 2 aromatic rings. The lowest BCUT2D eigenvalue weighted by Crippen LogP contribution is -2.01. The smallest absolute Gasteiger partial charge is 0.235 e. The zero-order chi connectivity index (χ0) is 9.97. The molecule has 68 valence electrons. The minimum absolute atomic E-state index is 0.271. The molecular weight excluding hydrogens is 246 g/mol. The van der Waals surface area contributed by atoms with E-state index in [0.29, 0.717) is 5.95 Å². The molecule has 0 atom stereocenters. The molecule has 5 nitrogen and oxygen atoms in total. The zero-order valence-corrected chi connectivity index (χ0v) is 8.51. The maximum absolute atomic E-state index is 8.73. The molecule has 0 fully saturated rings. The van der Waals surface area contributed by atoms with Gasteiger partial charge in [0.2, 0.25) is 11.8 Å². The van der Waals surface area contributed by atoms with Crippen molar-refractivity contribution in [2.75, 3.05) is 0 Å². The number of hydrogen-bond donors (Lipinski definition) is 0. The third-order valence-electron chi connectivity index (χ3n) is 1.56. The van der Waals surface area contributed by atoms with Crippen LogP contribution in [0.5, 0.6) is 0 Å². The van der Waals surface area contributed by atoms with Crippen molar-refractivity contribution in [2.24, 2.45) is 0 Å². The molecular formula is C8H4BrN5. The van der Waals surface area contributed by atoms with Gasteiger partial charge in [0.15, 0.2) is 0 Å². The Morgan fingerprint density at radius 1 is 1.29 bits per heavy atom. The van der Waals surface area contributed by atoms with Crippen LogP contribution in [0.4, 0.5) is 0 Å².